The maximum atomic E-state index is 11.8. The number of methoxy groups -OCH3 is 1. The van der Waals surface area contributed by atoms with E-state index < -0.39 is 0 Å². The van der Waals surface area contributed by atoms with Gasteiger partial charge in [0.1, 0.15) is 11.5 Å². The normalized spacial score (nSPS) is 12.1. The molecule has 0 radical (unpaired) electrons. The molecule has 0 heterocycles. The van der Waals surface area contributed by atoms with Gasteiger partial charge in [-0.1, -0.05) is 19.9 Å². The zero-order valence-electron chi connectivity index (χ0n) is 12.8. The Morgan fingerprint density at radius 1 is 1.20 bits per heavy atom. The van der Waals surface area contributed by atoms with Crippen LogP contribution in [-0.4, -0.2) is 25.7 Å². The molecule has 20 heavy (non-hydrogen) atoms. The molecule has 112 valence electrons. The summed E-state index contributed by atoms with van der Waals surface area (Å²) < 4.78 is 10.5. The highest BCUT2D eigenvalue weighted by Crippen LogP contribution is 2.18. The Morgan fingerprint density at radius 3 is 2.55 bits per heavy atom. The molecule has 4 heteroatoms. The van der Waals surface area contributed by atoms with Gasteiger partial charge >= 0.3 is 0 Å². The molecule has 0 bridgehead atoms. The number of benzene rings is 1. The highest BCUT2D eigenvalue weighted by atomic mass is 16.5. The molecule has 1 N–H and O–H groups in total. The van der Waals surface area contributed by atoms with E-state index in [-0.39, 0.29) is 18.6 Å². The van der Waals surface area contributed by atoms with Crippen molar-refractivity contribution in [1.29, 1.82) is 0 Å². The lowest BCUT2D eigenvalue weighted by atomic mass is 10.0. The fraction of sp³-hybridized carbons (Fsp3) is 0.562. The van der Waals surface area contributed by atoms with E-state index in [9.17, 15) is 4.79 Å². The fourth-order valence-corrected chi connectivity index (χ4v) is 1.81. The molecule has 0 aromatic heterocycles. The van der Waals surface area contributed by atoms with Crippen LogP contribution in [0.15, 0.2) is 24.3 Å². The first-order chi connectivity index (χ1) is 9.51. The van der Waals surface area contributed by atoms with Gasteiger partial charge in [0.2, 0.25) is 0 Å². The topological polar surface area (TPSA) is 47.6 Å². The molecule has 0 aliphatic rings. The van der Waals surface area contributed by atoms with Crippen LogP contribution in [0.2, 0.25) is 0 Å². The Labute approximate surface area is 121 Å². The van der Waals surface area contributed by atoms with Crippen molar-refractivity contribution in [3.05, 3.63) is 24.3 Å². The van der Waals surface area contributed by atoms with E-state index in [2.05, 4.69) is 19.2 Å². The largest absolute Gasteiger partial charge is 0.497 e. The lowest BCUT2D eigenvalue weighted by Gasteiger charge is -2.15. The molecule has 0 saturated heterocycles. The van der Waals surface area contributed by atoms with Gasteiger partial charge in [0, 0.05) is 12.1 Å². The number of hydrogen-bond acceptors (Lipinski definition) is 3. The van der Waals surface area contributed by atoms with Crippen molar-refractivity contribution >= 4 is 5.91 Å². The number of hydrogen-bond donors (Lipinski definition) is 1. The van der Waals surface area contributed by atoms with Crippen molar-refractivity contribution in [3.63, 3.8) is 0 Å². The summed E-state index contributed by atoms with van der Waals surface area (Å²) in [7, 11) is 1.60. The van der Waals surface area contributed by atoms with Gasteiger partial charge in [-0.15, -0.1) is 0 Å². The van der Waals surface area contributed by atoms with Crippen molar-refractivity contribution in [3.8, 4) is 11.5 Å². The summed E-state index contributed by atoms with van der Waals surface area (Å²) in [5.74, 6) is 1.91. The maximum absolute atomic E-state index is 11.8. The lowest BCUT2D eigenvalue weighted by molar-refractivity contribution is -0.123. The first-order valence-electron chi connectivity index (χ1n) is 7.07. The van der Waals surface area contributed by atoms with E-state index in [0.717, 1.165) is 12.8 Å². The van der Waals surface area contributed by atoms with E-state index in [0.29, 0.717) is 17.4 Å². The van der Waals surface area contributed by atoms with Crippen LogP contribution in [0.1, 0.15) is 33.6 Å². The predicted molar refractivity (Wildman–Crippen MR) is 80.2 cm³/mol. The zero-order chi connectivity index (χ0) is 15.0. The number of amides is 1. The van der Waals surface area contributed by atoms with Crippen LogP contribution in [0.25, 0.3) is 0 Å². The van der Waals surface area contributed by atoms with Crippen LogP contribution in [0.3, 0.4) is 0 Å². The van der Waals surface area contributed by atoms with Gasteiger partial charge in [-0.05, 0) is 37.8 Å². The molecule has 1 atom stereocenters. The Hall–Kier alpha value is -1.71. The zero-order valence-corrected chi connectivity index (χ0v) is 12.8. The van der Waals surface area contributed by atoms with Crippen LogP contribution in [0.5, 0.6) is 11.5 Å². The van der Waals surface area contributed by atoms with Gasteiger partial charge in [-0.25, -0.2) is 0 Å². The molecule has 0 saturated carbocycles. The predicted octanol–water partition coefficient (Wildman–Crippen LogP) is 3.01. The third-order valence-electron chi connectivity index (χ3n) is 3.00. The summed E-state index contributed by atoms with van der Waals surface area (Å²) in [4.78, 5) is 11.8. The maximum Gasteiger partial charge on any atom is 0.258 e. The molecule has 1 unspecified atom stereocenters. The average molecular weight is 279 g/mol. The van der Waals surface area contributed by atoms with Crippen molar-refractivity contribution in [2.24, 2.45) is 5.92 Å². The molecule has 1 amide bonds. The van der Waals surface area contributed by atoms with Crippen LogP contribution in [-0.2, 0) is 4.79 Å². The molecule has 0 fully saturated rings. The monoisotopic (exact) mass is 279 g/mol. The molecular formula is C16H25NO3. The Morgan fingerprint density at radius 2 is 1.90 bits per heavy atom. The number of carbonyl (C=O) groups excluding carboxylic acids is 1. The van der Waals surface area contributed by atoms with Crippen LogP contribution >= 0.6 is 0 Å². The van der Waals surface area contributed by atoms with Gasteiger partial charge in [-0.3, -0.25) is 4.79 Å². The van der Waals surface area contributed by atoms with Gasteiger partial charge in [-0.2, -0.15) is 0 Å². The Balaban J connectivity index is 2.31. The third kappa shape index (κ3) is 6.45. The number of carbonyl (C=O) groups is 1. The number of ether oxygens (including phenoxy) is 2. The first-order valence-corrected chi connectivity index (χ1v) is 7.07. The quantitative estimate of drug-likeness (QED) is 0.795. The van der Waals surface area contributed by atoms with Crippen LogP contribution in [0, 0.1) is 5.92 Å². The molecule has 1 aromatic rings. The molecule has 0 spiro atoms. The van der Waals surface area contributed by atoms with Crippen molar-refractivity contribution in [2.75, 3.05) is 13.7 Å². The van der Waals surface area contributed by atoms with E-state index in [4.69, 9.17) is 9.47 Å². The minimum atomic E-state index is -0.0934. The van der Waals surface area contributed by atoms with Crippen LogP contribution < -0.4 is 14.8 Å². The lowest BCUT2D eigenvalue weighted by Crippen LogP contribution is -2.36. The van der Waals surface area contributed by atoms with Gasteiger partial charge in [0.25, 0.3) is 5.91 Å². The van der Waals surface area contributed by atoms with E-state index in [1.165, 1.54) is 0 Å². The number of rotatable bonds is 8. The molecule has 1 rings (SSSR count). The van der Waals surface area contributed by atoms with Crippen LogP contribution in [0.4, 0.5) is 0 Å². The molecule has 1 aromatic carbocycles. The molecule has 0 aliphatic heterocycles. The summed E-state index contributed by atoms with van der Waals surface area (Å²) in [6.07, 6.45) is 2.10. The minimum Gasteiger partial charge on any atom is -0.497 e. The smallest absolute Gasteiger partial charge is 0.258 e. The van der Waals surface area contributed by atoms with E-state index in [1.54, 1.807) is 19.2 Å². The average Bonchev–Trinajstić information content (AvgIpc) is 2.43. The summed E-state index contributed by atoms with van der Waals surface area (Å²) in [5, 5.41) is 2.94. The van der Waals surface area contributed by atoms with E-state index in [1.807, 2.05) is 19.1 Å². The Bertz CT molecular complexity index is 418. The van der Waals surface area contributed by atoms with Crippen molar-refractivity contribution < 1.29 is 14.3 Å². The Kier molecular flexibility index (Phi) is 6.91. The second kappa shape index (κ2) is 8.46. The second-order valence-electron chi connectivity index (χ2n) is 5.41. The second-order valence-corrected chi connectivity index (χ2v) is 5.41. The first kappa shape index (κ1) is 16.3. The van der Waals surface area contributed by atoms with Gasteiger partial charge in [0.15, 0.2) is 6.61 Å². The van der Waals surface area contributed by atoms with E-state index >= 15 is 0 Å². The summed E-state index contributed by atoms with van der Waals surface area (Å²) in [5.41, 5.74) is 0. The summed E-state index contributed by atoms with van der Waals surface area (Å²) >= 11 is 0. The highest BCUT2D eigenvalue weighted by Gasteiger charge is 2.09. The van der Waals surface area contributed by atoms with Crippen molar-refractivity contribution in [2.45, 2.75) is 39.7 Å². The standard InChI is InChI=1S/C16H25NO3/c1-12(2)8-9-13(3)17-16(18)11-20-15-7-5-6-14(10-15)19-4/h5-7,10,12-13H,8-9,11H2,1-4H3,(H,17,18). The molecule has 4 nitrogen and oxygen atoms in total. The molecular weight excluding hydrogens is 254 g/mol. The number of nitrogens with one attached hydrogen (secondary N) is 1. The third-order valence-corrected chi connectivity index (χ3v) is 3.00. The van der Waals surface area contributed by atoms with Crippen molar-refractivity contribution in [1.82, 2.24) is 5.32 Å². The SMILES string of the molecule is COc1cccc(OCC(=O)NC(C)CCC(C)C)c1. The van der Waals surface area contributed by atoms with Gasteiger partial charge < -0.3 is 14.8 Å². The molecule has 0 aliphatic carbocycles. The fourth-order valence-electron chi connectivity index (χ4n) is 1.81. The minimum absolute atomic E-state index is 0.0270. The summed E-state index contributed by atoms with van der Waals surface area (Å²) in [6, 6.07) is 7.41. The highest BCUT2D eigenvalue weighted by molar-refractivity contribution is 5.77. The van der Waals surface area contributed by atoms with Gasteiger partial charge in [0.05, 0.1) is 7.11 Å². The summed E-state index contributed by atoms with van der Waals surface area (Å²) in [6.45, 7) is 6.41.